The molecule has 5 nitrogen and oxygen atoms in total. The highest BCUT2D eigenvalue weighted by Crippen LogP contribution is 2.10. The Balaban J connectivity index is 2.12. The zero-order valence-corrected chi connectivity index (χ0v) is 9.07. The molecule has 0 fully saturated rings. The molecule has 16 heavy (non-hydrogen) atoms. The van der Waals surface area contributed by atoms with Crippen LogP contribution in [-0.4, -0.2) is 21.0 Å². The van der Waals surface area contributed by atoms with Gasteiger partial charge in [-0.1, -0.05) is 0 Å². The van der Waals surface area contributed by atoms with Gasteiger partial charge in [0.1, 0.15) is 5.69 Å². The third kappa shape index (κ3) is 2.41. The smallest absolute Gasteiger partial charge is 0.275 e. The van der Waals surface area contributed by atoms with E-state index in [0.29, 0.717) is 17.1 Å². The molecule has 0 spiro atoms. The summed E-state index contributed by atoms with van der Waals surface area (Å²) in [5.74, 6) is -0.267. The molecule has 0 atom stereocenters. The van der Waals surface area contributed by atoms with Crippen molar-refractivity contribution >= 4 is 22.9 Å². The largest absolute Gasteiger partial charge is 0.390 e. The number of aliphatic hydroxyl groups excluding tert-OH is 1. The molecule has 0 aliphatic rings. The quantitative estimate of drug-likeness (QED) is 0.840. The Hall–Kier alpha value is -1.79. The van der Waals surface area contributed by atoms with Gasteiger partial charge in [-0.05, 0) is 12.1 Å². The summed E-state index contributed by atoms with van der Waals surface area (Å²) in [6, 6.07) is 3.27. The number of aliphatic hydroxyl groups is 1. The van der Waals surface area contributed by atoms with Crippen LogP contribution in [0, 0.1) is 0 Å². The normalized spacial score (nSPS) is 10.1. The van der Waals surface area contributed by atoms with Gasteiger partial charge < -0.3 is 10.4 Å². The minimum Gasteiger partial charge on any atom is -0.390 e. The molecule has 0 saturated heterocycles. The summed E-state index contributed by atoms with van der Waals surface area (Å²) in [4.78, 5) is 19.4. The van der Waals surface area contributed by atoms with Crippen LogP contribution in [0.4, 0.5) is 5.69 Å². The van der Waals surface area contributed by atoms with Crippen LogP contribution in [0.2, 0.25) is 0 Å². The lowest BCUT2D eigenvalue weighted by Crippen LogP contribution is -2.12. The summed E-state index contributed by atoms with van der Waals surface area (Å²) in [7, 11) is 0. The topological polar surface area (TPSA) is 75.1 Å². The van der Waals surface area contributed by atoms with E-state index in [1.54, 1.807) is 23.0 Å². The first-order valence-electron chi connectivity index (χ1n) is 4.55. The van der Waals surface area contributed by atoms with E-state index in [1.807, 2.05) is 0 Å². The number of rotatable bonds is 3. The van der Waals surface area contributed by atoms with Gasteiger partial charge in [0.2, 0.25) is 0 Å². The summed E-state index contributed by atoms with van der Waals surface area (Å²) in [6.45, 7) is -0.152. The van der Waals surface area contributed by atoms with Gasteiger partial charge in [0, 0.05) is 17.3 Å². The molecule has 0 aliphatic heterocycles. The number of anilines is 1. The van der Waals surface area contributed by atoms with Crippen LogP contribution >= 0.6 is 11.3 Å². The van der Waals surface area contributed by atoms with Crippen molar-refractivity contribution in [3.8, 4) is 0 Å². The van der Waals surface area contributed by atoms with Gasteiger partial charge >= 0.3 is 0 Å². The number of aromatic nitrogens is 2. The number of hydrogen-bond donors (Lipinski definition) is 2. The maximum absolute atomic E-state index is 11.6. The Morgan fingerprint density at radius 2 is 2.38 bits per heavy atom. The number of pyridine rings is 1. The Labute approximate surface area is 95.8 Å². The number of nitrogens with zero attached hydrogens (tertiary/aromatic N) is 2. The highest BCUT2D eigenvalue weighted by atomic mass is 32.1. The standard InChI is InChI=1S/C10H9N3O2S/c14-4-8-3-7(1-2-11-8)13-10(15)9-5-16-6-12-9/h1-3,5-6,14H,4H2,(H,11,13,15). The molecule has 0 bridgehead atoms. The van der Waals surface area contributed by atoms with E-state index in [9.17, 15) is 4.79 Å². The van der Waals surface area contributed by atoms with E-state index in [0.717, 1.165) is 0 Å². The maximum Gasteiger partial charge on any atom is 0.275 e. The fourth-order valence-corrected chi connectivity index (χ4v) is 1.69. The molecule has 1 amide bonds. The third-order valence-corrected chi connectivity index (χ3v) is 2.49. The van der Waals surface area contributed by atoms with Crippen molar-refractivity contribution in [2.24, 2.45) is 0 Å². The van der Waals surface area contributed by atoms with E-state index < -0.39 is 0 Å². The molecule has 2 N–H and O–H groups in total. The molecule has 2 aromatic rings. The minimum atomic E-state index is -0.267. The van der Waals surface area contributed by atoms with Crippen LogP contribution in [-0.2, 0) is 6.61 Å². The first-order valence-corrected chi connectivity index (χ1v) is 5.49. The van der Waals surface area contributed by atoms with Gasteiger partial charge in [-0.3, -0.25) is 9.78 Å². The second kappa shape index (κ2) is 4.82. The van der Waals surface area contributed by atoms with Gasteiger partial charge in [-0.25, -0.2) is 4.98 Å². The van der Waals surface area contributed by atoms with Gasteiger partial charge in [0.05, 0.1) is 17.8 Å². The van der Waals surface area contributed by atoms with E-state index in [2.05, 4.69) is 15.3 Å². The zero-order chi connectivity index (χ0) is 11.4. The Bertz CT molecular complexity index is 485. The summed E-state index contributed by atoms with van der Waals surface area (Å²) in [5, 5.41) is 13.2. The van der Waals surface area contributed by atoms with E-state index in [-0.39, 0.29) is 12.5 Å². The third-order valence-electron chi connectivity index (χ3n) is 1.90. The molecule has 6 heteroatoms. The summed E-state index contributed by atoms with van der Waals surface area (Å²) >= 11 is 1.36. The molecule has 2 heterocycles. The van der Waals surface area contributed by atoms with Crippen LogP contribution in [0.3, 0.4) is 0 Å². The number of nitrogens with one attached hydrogen (secondary N) is 1. The number of carbonyl (C=O) groups is 1. The molecule has 2 rings (SSSR count). The predicted octanol–water partition coefficient (Wildman–Crippen LogP) is 1.28. The Kier molecular flexibility index (Phi) is 3.23. The second-order valence-corrected chi connectivity index (χ2v) is 3.74. The van der Waals surface area contributed by atoms with Crippen LogP contribution in [0.15, 0.2) is 29.2 Å². The van der Waals surface area contributed by atoms with Crippen molar-refractivity contribution in [2.75, 3.05) is 5.32 Å². The van der Waals surface area contributed by atoms with Gasteiger partial charge in [0.15, 0.2) is 0 Å². The monoisotopic (exact) mass is 235 g/mol. The molecule has 2 aromatic heterocycles. The van der Waals surface area contributed by atoms with E-state index in [1.165, 1.54) is 17.5 Å². The van der Waals surface area contributed by atoms with Gasteiger partial charge in [-0.15, -0.1) is 11.3 Å². The maximum atomic E-state index is 11.6. The fraction of sp³-hybridized carbons (Fsp3) is 0.100. The number of hydrogen-bond acceptors (Lipinski definition) is 5. The van der Waals surface area contributed by atoms with Gasteiger partial charge in [0.25, 0.3) is 5.91 Å². The van der Waals surface area contributed by atoms with Crippen molar-refractivity contribution in [3.05, 3.63) is 40.6 Å². The van der Waals surface area contributed by atoms with Crippen molar-refractivity contribution in [1.82, 2.24) is 9.97 Å². The molecular weight excluding hydrogens is 226 g/mol. The van der Waals surface area contributed by atoms with Crippen molar-refractivity contribution in [3.63, 3.8) is 0 Å². The molecule has 0 saturated carbocycles. The van der Waals surface area contributed by atoms with Crippen LogP contribution < -0.4 is 5.32 Å². The highest BCUT2D eigenvalue weighted by Gasteiger charge is 2.07. The van der Waals surface area contributed by atoms with Crippen molar-refractivity contribution in [2.45, 2.75) is 6.61 Å². The Morgan fingerprint density at radius 3 is 3.06 bits per heavy atom. The molecule has 0 aromatic carbocycles. The average Bonchev–Trinajstić information content (AvgIpc) is 2.83. The second-order valence-electron chi connectivity index (χ2n) is 3.02. The summed E-state index contributed by atoms with van der Waals surface area (Å²) in [6.07, 6.45) is 1.53. The highest BCUT2D eigenvalue weighted by molar-refractivity contribution is 7.07. The first-order chi connectivity index (χ1) is 7.79. The van der Waals surface area contributed by atoms with Crippen LogP contribution in [0.25, 0.3) is 0 Å². The first kappa shape index (κ1) is 10.7. The molecule has 0 aliphatic carbocycles. The van der Waals surface area contributed by atoms with Crippen molar-refractivity contribution in [1.29, 1.82) is 0 Å². The van der Waals surface area contributed by atoms with Gasteiger partial charge in [-0.2, -0.15) is 0 Å². The fourth-order valence-electron chi connectivity index (χ4n) is 1.16. The lowest BCUT2D eigenvalue weighted by molar-refractivity contribution is 0.102. The number of carbonyl (C=O) groups excluding carboxylic acids is 1. The number of thiazole rings is 1. The molecule has 0 radical (unpaired) electrons. The summed E-state index contributed by atoms with van der Waals surface area (Å²) < 4.78 is 0. The van der Waals surface area contributed by atoms with E-state index in [4.69, 9.17) is 5.11 Å². The average molecular weight is 235 g/mol. The molecular formula is C10H9N3O2S. The van der Waals surface area contributed by atoms with E-state index >= 15 is 0 Å². The lowest BCUT2D eigenvalue weighted by atomic mass is 10.3. The van der Waals surface area contributed by atoms with Crippen LogP contribution in [0.5, 0.6) is 0 Å². The van der Waals surface area contributed by atoms with Crippen molar-refractivity contribution < 1.29 is 9.90 Å². The zero-order valence-electron chi connectivity index (χ0n) is 8.25. The Morgan fingerprint density at radius 1 is 1.50 bits per heavy atom. The molecule has 0 unspecified atom stereocenters. The minimum absolute atomic E-state index is 0.152. The van der Waals surface area contributed by atoms with Crippen LogP contribution in [0.1, 0.15) is 16.2 Å². The molecule has 82 valence electrons. The summed E-state index contributed by atoms with van der Waals surface area (Å²) in [5.41, 5.74) is 3.08. The number of amides is 1. The SMILES string of the molecule is O=C(Nc1ccnc(CO)c1)c1cscn1. The lowest BCUT2D eigenvalue weighted by Gasteiger charge is -2.03. The predicted molar refractivity (Wildman–Crippen MR) is 60.2 cm³/mol.